The number of carbonyl (C=O) groups excluding carboxylic acids is 7. The van der Waals surface area contributed by atoms with Crippen LogP contribution in [0, 0.1) is 68.6 Å². The van der Waals surface area contributed by atoms with Crippen molar-refractivity contribution in [1.82, 2.24) is 51.2 Å². The fourth-order valence-electron chi connectivity index (χ4n) is 11.2. The summed E-state index contributed by atoms with van der Waals surface area (Å²) in [5, 5.41) is 63.8. The molecule has 5 aromatic heterocycles. The van der Waals surface area contributed by atoms with E-state index in [0.717, 1.165) is 92.2 Å². The van der Waals surface area contributed by atoms with Gasteiger partial charge < -0.3 is 37.1 Å². The van der Waals surface area contributed by atoms with Crippen LogP contribution < -0.4 is 27.0 Å². The number of carboxylic acid groups (broad SMARTS) is 1. The number of nitrogens with zero attached hydrogens (tertiary/aromatic N) is 11. The first-order chi connectivity index (χ1) is 62.0. The van der Waals surface area contributed by atoms with Gasteiger partial charge in [0, 0.05) is 36.8 Å². The minimum atomic E-state index is -1.07. The van der Waals surface area contributed by atoms with Crippen LogP contribution in [0.15, 0.2) is 277 Å². The summed E-state index contributed by atoms with van der Waals surface area (Å²) in [6.45, 7) is 10.4. The first-order valence-electron chi connectivity index (χ1n) is 40.6. The molecule has 1 aliphatic rings. The minimum absolute atomic E-state index is 0. The van der Waals surface area contributed by atoms with Crippen LogP contribution in [0.3, 0.4) is 0 Å². The fraction of sp³-hybridized carbons (Fsp3) is 0.242. The molecule has 8 N–H and O–H groups in total. The van der Waals surface area contributed by atoms with Gasteiger partial charge in [0.25, 0.3) is 17.7 Å². The summed E-state index contributed by atoms with van der Waals surface area (Å²) in [4.78, 5) is 113. The topological polar surface area (TPSA) is 442 Å². The number of aliphatic imine (C=N–C) groups is 1. The summed E-state index contributed by atoms with van der Waals surface area (Å²) in [5.74, 6) is -3.44. The Hall–Kier alpha value is -15.3. The third-order valence-electron chi connectivity index (χ3n) is 17.1. The number of amides is 4. The first kappa shape index (κ1) is 110. The number of aldehydes is 3. The van der Waals surface area contributed by atoms with E-state index in [1.165, 1.54) is 66.4 Å². The SMILES string of the molecule is C.CCC[C@H](N)c1ccccc1.CCC[C@H](NC(=O)/C(C#N)=C/C1=NC=CC1)c1ccccc1.CCC[C@H](NC(=O)/C(C#N)=C/c1cccc(Cl)n1)c1ccccc1.CCC[C@H](NC(=O)/C(C#N)=C/c1cccc(F)n1)c1ccccc1.CCC[C@H](NC(=O)CC#N)c1ccccc1.N#CCC(=O)O.O=Cc1cccc(Cl)n1.O=Cc1cccc(F)n1.O=Cc1ncc[nH]1. The molecule has 0 radical (unpaired) electrons. The molecule has 129 heavy (non-hydrogen) atoms. The van der Waals surface area contributed by atoms with Crippen molar-refractivity contribution in [2.24, 2.45) is 10.7 Å². The number of hydrogen-bond donors (Lipinski definition) is 7. The number of benzene rings is 5. The third kappa shape index (κ3) is 46.9. The van der Waals surface area contributed by atoms with E-state index in [1.807, 2.05) is 177 Å². The predicted molar refractivity (Wildman–Crippen MR) is 496 cm³/mol. The molecule has 668 valence electrons. The van der Waals surface area contributed by atoms with E-state index in [9.17, 15) is 62.9 Å². The number of hydrogen-bond acceptors (Lipinski definition) is 20. The number of aliphatic carboxylic acids is 1. The van der Waals surface area contributed by atoms with E-state index >= 15 is 0 Å². The van der Waals surface area contributed by atoms with Crippen LogP contribution >= 0.6 is 23.2 Å². The van der Waals surface area contributed by atoms with Gasteiger partial charge >= 0.3 is 5.97 Å². The Kier molecular flexibility index (Phi) is 57.2. The number of allylic oxidation sites excluding steroid dienone is 2. The van der Waals surface area contributed by atoms with Crippen LogP contribution in [0.1, 0.15) is 227 Å². The molecular formula is C99H105Cl2F2N17O9. The van der Waals surface area contributed by atoms with Crippen molar-refractivity contribution >= 4 is 89.5 Å². The van der Waals surface area contributed by atoms with Gasteiger partial charge in [0.05, 0.1) is 47.7 Å². The Morgan fingerprint density at radius 2 is 0.791 bits per heavy atom. The average Bonchev–Trinajstić information content (AvgIpc) is 1.18. The fourth-order valence-corrected chi connectivity index (χ4v) is 11.5. The standard InChI is InChI=1S/C19H18ClN3O.C19H18FN3O.C18H19N3O.C13H16N2O.C10H15N.C6H4ClNO.C6H4FNO.C4H4N2O.C3H3NO2.CH4/c2*1-2-7-17(14-8-4-3-5-9-14)23-19(24)15(13-21)12-16-10-6-11-18(20)22-16;1-2-7-17(14-8-4-3-5-9-14)21-18(22)15(13-19)12-16-10-6-11-20-16;1-2-6-12(15-13(16)9-10-14)11-7-4-3-5-8-11;1-2-6-10(11)9-7-4-3-5-8-9;2*7-6-3-1-2-5(4-9)8-6;7-3-4-5-1-2-6-4;4-2-1-3(5)6;/h2*3-6,8-12,17H,2,7H2,1H3,(H,23,24);3-6,8-9,11-12,17H,2,7,10H2,1H3,(H,21,22);3-5,7-8,12H,2,6,9H2,1H3,(H,15,16);3-5,7-8,10H,2,6,11H2,1H3;2*1-4H;1-3H,(H,5,6);1H2,(H,5,6);1H4/b3*15-12+;;;;;;;/t3*17-;12-;10-;;;;;/m00000...../s1. The molecule has 26 nitrogen and oxygen atoms in total. The van der Waals surface area contributed by atoms with Crippen molar-refractivity contribution in [3.05, 3.63) is 351 Å². The van der Waals surface area contributed by atoms with Crippen LogP contribution in [0.25, 0.3) is 12.2 Å². The maximum Gasteiger partial charge on any atom is 0.317 e. The Morgan fingerprint density at radius 1 is 0.450 bits per heavy atom. The number of carbonyl (C=O) groups is 8. The summed E-state index contributed by atoms with van der Waals surface area (Å²) < 4.78 is 25.2. The molecule has 0 bridgehead atoms. The highest BCUT2D eigenvalue weighted by molar-refractivity contribution is 6.29. The van der Waals surface area contributed by atoms with Crippen molar-refractivity contribution < 1.29 is 52.2 Å². The number of nitriles is 5. The molecular weight excluding hydrogens is 1680 g/mol. The highest BCUT2D eigenvalue weighted by Gasteiger charge is 2.21. The van der Waals surface area contributed by atoms with E-state index in [0.29, 0.717) is 52.8 Å². The lowest BCUT2D eigenvalue weighted by Gasteiger charge is -2.18. The average molecular weight is 1790 g/mol. The van der Waals surface area contributed by atoms with Crippen molar-refractivity contribution in [3.8, 4) is 30.3 Å². The molecule has 30 heteroatoms. The molecule has 0 saturated heterocycles. The summed E-state index contributed by atoms with van der Waals surface area (Å²) in [5.41, 5.74) is 13.2. The van der Waals surface area contributed by atoms with Crippen molar-refractivity contribution in [2.75, 3.05) is 0 Å². The second-order valence-electron chi connectivity index (χ2n) is 27.0. The zero-order valence-corrected chi connectivity index (χ0v) is 72.9. The molecule has 4 amide bonds. The monoisotopic (exact) mass is 1780 g/mol. The van der Waals surface area contributed by atoms with Crippen molar-refractivity contribution in [3.63, 3.8) is 0 Å². The van der Waals surface area contributed by atoms with Gasteiger partial charge in [-0.2, -0.15) is 35.1 Å². The quantitative estimate of drug-likeness (QED) is 0.00951. The normalized spacial score (nSPS) is 11.7. The lowest BCUT2D eigenvalue weighted by Crippen LogP contribution is -2.29. The largest absolute Gasteiger partial charge is 0.480 e. The molecule has 11 rings (SSSR count). The zero-order chi connectivity index (χ0) is 93.9. The second kappa shape index (κ2) is 67.2. The lowest BCUT2D eigenvalue weighted by molar-refractivity contribution is -0.136. The molecule has 5 atom stereocenters. The number of nitrogens with two attached hydrogens (primary N) is 1. The maximum atomic E-state index is 13.1. The second-order valence-corrected chi connectivity index (χ2v) is 27.7. The first-order valence-corrected chi connectivity index (χ1v) is 41.4. The highest BCUT2D eigenvalue weighted by atomic mass is 35.5. The van der Waals surface area contributed by atoms with E-state index < -0.39 is 36.1 Å². The van der Waals surface area contributed by atoms with Gasteiger partial charge in [-0.15, -0.1) is 0 Å². The molecule has 5 aromatic carbocycles. The number of pyridine rings is 4. The van der Waals surface area contributed by atoms with E-state index in [2.05, 4.69) is 96.0 Å². The maximum absolute atomic E-state index is 13.1. The number of aromatic nitrogens is 6. The lowest BCUT2D eigenvalue weighted by atomic mass is 10.0. The van der Waals surface area contributed by atoms with Gasteiger partial charge in [-0.25, -0.2) is 24.9 Å². The Labute approximate surface area is 762 Å². The van der Waals surface area contributed by atoms with Gasteiger partial charge in [0.15, 0.2) is 24.7 Å². The molecule has 1 aliphatic heterocycles. The summed E-state index contributed by atoms with van der Waals surface area (Å²) >= 11 is 11.3. The van der Waals surface area contributed by atoms with Gasteiger partial charge in [-0.1, -0.05) is 279 Å². The van der Waals surface area contributed by atoms with Gasteiger partial charge in [-0.3, -0.25) is 43.3 Å². The smallest absolute Gasteiger partial charge is 0.317 e. The van der Waals surface area contributed by atoms with E-state index in [1.54, 1.807) is 54.9 Å². The number of halogens is 4. The third-order valence-corrected chi connectivity index (χ3v) is 17.6. The van der Waals surface area contributed by atoms with E-state index in [-0.39, 0.29) is 84.0 Å². The number of nitrogens with one attached hydrogen (secondary N) is 5. The van der Waals surface area contributed by atoms with Gasteiger partial charge in [-0.05, 0) is 127 Å². The van der Waals surface area contributed by atoms with Gasteiger partial charge in [0.2, 0.25) is 17.8 Å². The molecule has 6 heterocycles. The number of imidazole rings is 1. The Balaban J connectivity index is 0.000000509. The van der Waals surface area contributed by atoms with Gasteiger partial charge in [0.1, 0.15) is 69.5 Å². The van der Waals surface area contributed by atoms with Crippen molar-refractivity contribution in [2.45, 2.75) is 156 Å². The molecule has 10 aromatic rings. The van der Waals surface area contributed by atoms with Crippen LogP contribution in [0.5, 0.6) is 0 Å². The molecule has 0 spiro atoms. The summed E-state index contributed by atoms with van der Waals surface area (Å²) in [6.07, 6.45) is 22.2. The Morgan fingerprint density at radius 3 is 1.08 bits per heavy atom. The Bertz CT molecular complexity index is 5250. The van der Waals surface area contributed by atoms with Crippen LogP contribution in [-0.4, -0.2) is 89.2 Å². The van der Waals surface area contributed by atoms with Crippen LogP contribution in [0.2, 0.25) is 10.3 Å². The van der Waals surface area contributed by atoms with E-state index in [4.69, 9.17) is 44.6 Å². The number of carboxylic acids is 1. The zero-order valence-electron chi connectivity index (χ0n) is 71.4. The number of H-pyrrole nitrogens is 1. The predicted octanol–water partition coefficient (Wildman–Crippen LogP) is 20.0. The number of rotatable bonds is 30. The molecule has 0 fully saturated rings. The van der Waals surface area contributed by atoms with Crippen LogP contribution in [0.4, 0.5) is 8.78 Å². The summed E-state index contributed by atoms with van der Waals surface area (Å²) in [6, 6.07) is 76.4. The summed E-state index contributed by atoms with van der Waals surface area (Å²) in [7, 11) is 0. The van der Waals surface area contributed by atoms with Crippen molar-refractivity contribution in [1.29, 1.82) is 26.3 Å². The molecule has 0 unspecified atom stereocenters. The molecule has 0 aliphatic carbocycles. The minimum Gasteiger partial charge on any atom is -0.480 e. The number of aromatic amines is 1. The van der Waals surface area contributed by atoms with Crippen LogP contribution in [-0.2, 0) is 24.0 Å². The molecule has 0 saturated carbocycles. The highest BCUT2D eigenvalue weighted by Crippen LogP contribution is 2.24.